The summed E-state index contributed by atoms with van der Waals surface area (Å²) in [7, 11) is 1.59. The average Bonchev–Trinajstić information content (AvgIpc) is 3.25. The number of rotatable bonds is 6. The average molecular weight is 321 g/mol. The zero-order valence-corrected chi connectivity index (χ0v) is 13.2. The highest BCUT2D eigenvalue weighted by molar-refractivity contribution is 8.01. The van der Waals surface area contributed by atoms with Gasteiger partial charge in [0.25, 0.3) is 5.91 Å². The van der Waals surface area contributed by atoms with Crippen molar-refractivity contribution in [2.75, 3.05) is 18.2 Å². The van der Waals surface area contributed by atoms with E-state index in [1.54, 1.807) is 43.1 Å². The van der Waals surface area contributed by atoms with E-state index in [1.807, 2.05) is 0 Å². The minimum Gasteiger partial charge on any atom is -0.497 e. The number of hydrogen-bond acceptors (Lipinski definition) is 6. The molecule has 21 heavy (non-hydrogen) atoms. The van der Waals surface area contributed by atoms with Crippen molar-refractivity contribution in [1.29, 1.82) is 0 Å². The van der Waals surface area contributed by atoms with Crippen molar-refractivity contribution in [3.63, 3.8) is 0 Å². The lowest BCUT2D eigenvalue weighted by Gasteiger charge is -2.02. The number of thioether (sulfide) groups is 1. The van der Waals surface area contributed by atoms with Crippen LogP contribution < -0.4 is 10.1 Å². The first-order valence-corrected chi connectivity index (χ1v) is 8.46. The molecule has 1 fully saturated rings. The van der Waals surface area contributed by atoms with Gasteiger partial charge in [0.15, 0.2) is 4.34 Å². The number of anilines is 1. The molecular formula is C14H15N3O2S2. The molecule has 2 aromatic rings. The molecule has 0 spiro atoms. The predicted molar refractivity (Wildman–Crippen MR) is 84.3 cm³/mol. The maximum absolute atomic E-state index is 12.1. The number of nitrogens with zero attached hydrogens (tertiary/aromatic N) is 2. The van der Waals surface area contributed by atoms with Crippen LogP contribution in [0.1, 0.15) is 23.2 Å². The Morgan fingerprint density at radius 3 is 2.81 bits per heavy atom. The van der Waals surface area contributed by atoms with E-state index < -0.39 is 0 Å². The van der Waals surface area contributed by atoms with Gasteiger partial charge in [0.05, 0.1) is 7.11 Å². The van der Waals surface area contributed by atoms with E-state index in [9.17, 15) is 4.79 Å². The molecule has 1 aromatic carbocycles. The van der Waals surface area contributed by atoms with E-state index >= 15 is 0 Å². The second-order valence-corrected chi connectivity index (χ2v) is 7.05. The van der Waals surface area contributed by atoms with Gasteiger partial charge in [0, 0.05) is 11.3 Å². The minimum absolute atomic E-state index is 0.187. The molecule has 0 atom stereocenters. The van der Waals surface area contributed by atoms with Crippen LogP contribution in [0.4, 0.5) is 5.13 Å². The number of hydrogen-bond donors (Lipinski definition) is 1. The van der Waals surface area contributed by atoms with Crippen LogP contribution in [0, 0.1) is 5.92 Å². The molecule has 0 bridgehead atoms. The second-order valence-electron chi connectivity index (χ2n) is 4.81. The lowest BCUT2D eigenvalue weighted by molar-refractivity contribution is 0.102. The van der Waals surface area contributed by atoms with E-state index in [1.165, 1.54) is 24.2 Å². The van der Waals surface area contributed by atoms with Crippen molar-refractivity contribution < 1.29 is 9.53 Å². The van der Waals surface area contributed by atoms with E-state index in [0.717, 1.165) is 21.8 Å². The third-order valence-corrected chi connectivity index (χ3v) is 5.32. The summed E-state index contributed by atoms with van der Waals surface area (Å²) >= 11 is 3.13. The second kappa shape index (κ2) is 6.44. The summed E-state index contributed by atoms with van der Waals surface area (Å²) in [5.74, 6) is 2.48. The van der Waals surface area contributed by atoms with Crippen LogP contribution in [0.25, 0.3) is 0 Å². The fourth-order valence-corrected chi connectivity index (χ4v) is 3.66. The first-order chi connectivity index (χ1) is 10.2. The molecular weight excluding hydrogens is 306 g/mol. The molecule has 1 saturated carbocycles. The van der Waals surface area contributed by atoms with Gasteiger partial charge in [0.2, 0.25) is 5.13 Å². The number of aromatic nitrogens is 2. The molecule has 5 nitrogen and oxygen atoms in total. The smallest absolute Gasteiger partial charge is 0.257 e. The zero-order chi connectivity index (χ0) is 14.7. The van der Waals surface area contributed by atoms with Crippen molar-refractivity contribution in [3.05, 3.63) is 29.8 Å². The Hall–Kier alpha value is -1.60. The SMILES string of the molecule is COc1ccc(C(=O)Nc2nnc(SCC3CC3)s2)cc1. The van der Waals surface area contributed by atoms with Crippen LogP contribution in [0.2, 0.25) is 0 Å². The van der Waals surface area contributed by atoms with E-state index in [-0.39, 0.29) is 5.91 Å². The highest BCUT2D eigenvalue weighted by atomic mass is 32.2. The minimum atomic E-state index is -0.187. The normalized spacial score (nSPS) is 14.0. The fraction of sp³-hybridized carbons (Fsp3) is 0.357. The predicted octanol–water partition coefficient (Wildman–Crippen LogP) is 3.30. The lowest BCUT2D eigenvalue weighted by atomic mass is 10.2. The molecule has 0 unspecified atom stereocenters. The molecule has 1 amide bonds. The molecule has 3 rings (SSSR count). The molecule has 110 valence electrons. The van der Waals surface area contributed by atoms with Crippen LogP contribution in [0.5, 0.6) is 5.75 Å². The topological polar surface area (TPSA) is 64.1 Å². The van der Waals surface area contributed by atoms with E-state index in [0.29, 0.717) is 10.7 Å². The zero-order valence-electron chi connectivity index (χ0n) is 11.5. The van der Waals surface area contributed by atoms with Crippen molar-refractivity contribution in [2.24, 2.45) is 5.92 Å². The number of methoxy groups -OCH3 is 1. The Labute approximate surface area is 131 Å². The van der Waals surface area contributed by atoms with Crippen molar-refractivity contribution in [1.82, 2.24) is 10.2 Å². The van der Waals surface area contributed by atoms with Gasteiger partial charge in [-0.05, 0) is 43.0 Å². The summed E-state index contributed by atoms with van der Waals surface area (Å²) in [5.41, 5.74) is 0.568. The maximum Gasteiger partial charge on any atom is 0.257 e. The summed E-state index contributed by atoms with van der Waals surface area (Å²) < 4.78 is 5.98. The van der Waals surface area contributed by atoms with Crippen LogP contribution >= 0.6 is 23.1 Å². The highest BCUT2D eigenvalue weighted by Crippen LogP contribution is 2.36. The summed E-state index contributed by atoms with van der Waals surface area (Å²) in [6.45, 7) is 0. The van der Waals surface area contributed by atoms with E-state index in [4.69, 9.17) is 4.74 Å². The molecule has 1 heterocycles. The molecule has 0 radical (unpaired) electrons. The quantitative estimate of drug-likeness (QED) is 0.653. The largest absolute Gasteiger partial charge is 0.497 e. The number of benzene rings is 1. The first kappa shape index (κ1) is 14.3. The molecule has 1 aliphatic carbocycles. The summed E-state index contributed by atoms with van der Waals surface area (Å²) in [4.78, 5) is 12.1. The van der Waals surface area contributed by atoms with Gasteiger partial charge in [-0.25, -0.2) is 0 Å². The Kier molecular flexibility index (Phi) is 4.40. The monoisotopic (exact) mass is 321 g/mol. The van der Waals surface area contributed by atoms with Crippen LogP contribution in [0.3, 0.4) is 0 Å². The standard InChI is InChI=1S/C14H15N3O2S2/c1-19-11-6-4-10(5-7-11)12(18)15-13-16-17-14(21-13)20-8-9-2-3-9/h4-7,9H,2-3,8H2,1H3,(H,15,16,18). The van der Waals surface area contributed by atoms with Crippen molar-refractivity contribution >= 4 is 34.1 Å². The third-order valence-electron chi connectivity index (χ3n) is 3.12. The van der Waals surface area contributed by atoms with Gasteiger partial charge in [-0.2, -0.15) is 0 Å². The molecule has 1 aromatic heterocycles. The van der Waals surface area contributed by atoms with Gasteiger partial charge in [-0.3, -0.25) is 10.1 Å². The lowest BCUT2D eigenvalue weighted by Crippen LogP contribution is -2.11. The van der Waals surface area contributed by atoms with Crippen LogP contribution in [0.15, 0.2) is 28.6 Å². The summed E-state index contributed by atoms with van der Waals surface area (Å²) in [6.07, 6.45) is 2.65. The number of carbonyl (C=O) groups excluding carboxylic acids is 1. The highest BCUT2D eigenvalue weighted by Gasteiger charge is 2.22. The molecule has 1 N–H and O–H groups in total. The fourth-order valence-electron chi connectivity index (χ4n) is 1.70. The van der Waals surface area contributed by atoms with Gasteiger partial charge in [-0.15, -0.1) is 10.2 Å². The van der Waals surface area contributed by atoms with Gasteiger partial charge in [-0.1, -0.05) is 23.1 Å². The van der Waals surface area contributed by atoms with E-state index in [2.05, 4.69) is 15.5 Å². The van der Waals surface area contributed by atoms with Crippen molar-refractivity contribution in [3.8, 4) is 5.75 Å². The summed E-state index contributed by atoms with van der Waals surface area (Å²) in [5, 5.41) is 11.4. The van der Waals surface area contributed by atoms with Crippen LogP contribution in [-0.2, 0) is 0 Å². The summed E-state index contributed by atoms with van der Waals surface area (Å²) in [6, 6.07) is 6.95. The Morgan fingerprint density at radius 1 is 1.38 bits per heavy atom. The van der Waals surface area contributed by atoms with Crippen LogP contribution in [-0.4, -0.2) is 29.0 Å². The molecule has 1 aliphatic rings. The molecule has 0 saturated heterocycles. The Balaban J connectivity index is 1.57. The molecule has 7 heteroatoms. The third kappa shape index (κ3) is 3.95. The number of nitrogens with one attached hydrogen (secondary N) is 1. The maximum atomic E-state index is 12.1. The number of carbonyl (C=O) groups is 1. The number of amides is 1. The molecule has 0 aliphatic heterocycles. The van der Waals surface area contributed by atoms with Gasteiger partial charge in [0.1, 0.15) is 5.75 Å². The number of ether oxygens (including phenoxy) is 1. The van der Waals surface area contributed by atoms with Gasteiger partial charge < -0.3 is 4.74 Å². The Bertz CT molecular complexity index is 623. The first-order valence-electron chi connectivity index (χ1n) is 6.66. The Morgan fingerprint density at radius 2 is 2.14 bits per heavy atom. The van der Waals surface area contributed by atoms with Crippen molar-refractivity contribution in [2.45, 2.75) is 17.2 Å². The van der Waals surface area contributed by atoms with Gasteiger partial charge >= 0.3 is 0 Å².